The highest BCUT2D eigenvalue weighted by atomic mass is 15.2. The Kier molecular flexibility index (Phi) is 7.66. The molecule has 0 radical (unpaired) electrons. The predicted octanol–water partition coefficient (Wildman–Crippen LogP) is 4.65. The van der Waals surface area contributed by atoms with E-state index in [1.165, 1.54) is 5.56 Å². The van der Waals surface area contributed by atoms with E-state index in [2.05, 4.69) is 49.2 Å². The molecule has 7 nitrogen and oxygen atoms in total. The summed E-state index contributed by atoms with van der Waals surface area (Å²) in [5, 5.41) is 14.8. The predicted molar refractivity (Wildman–Crippen MR) is 141 cm³/mol. The summed E-state index contributed by atoms with van der Waals surface area (Å²) in [5.41, 5.74) is 5.50. The fourth-order valence-corrected chi connectivity index (χ4v) is 3.58. The van der Waals surface area contributed by atoms with Crippen LogP contribution >= 0.6 is 0 Å². The summed E-state index contributed by atoms with van der Waals surface area (Å²) in [6.07, 6.45) is 8.69. The molecule has 4 aromatic rings. The third-order valence-electron chi connectivity index (χ3n) is 5.43. The molecule has 0 amide bonds. The number of anilines is 2. The van der Waals surface area contributed by atoms with E-state index in [9.17, 15) is 0 Å². The van der Waals surface area contributed by atoms with Gasteiger partial charge in [0.25, 0.3) is 0 Å². The van der Waals surface area contributed by atoms with Gasteiger partial charge in [-0.05, 0) is 37.6 Å². The molecule has 1 aromatic carbocycles. The molecule has 0 saturated heterocycles. The maximum absolute atomic E-state index is 4.59. The highest BCUT2D eigenvalue weighted by Gasteiger charge is 2.18. The SMILES string of the molecule is Cc1ccc(CCNC[C@H]2CNc3cc(-c4cnn(C)c4)cnc3N2)cn1.[HH].[HH].[HH].c1ccccc1. The van der Waals surface area contributed by atoms with Crippen molar-refractivity contribution in [3.63, 3.8) is 0 Å². The second-order valence-corrected chi connectivity index (χ2v) is 8.16. The molecular weight excluding hydrogens is 410 g/mol. The monoisotopic (exact) mass is 447 g/mol. The van der Waals surface area contributed by atoms with Crippen molar-refractivity contribution < 1.29 is 4.28 Å². The maximum Gasteiger partial charge on any atom is 0.149 e. The van der Waals surface area contributed by atoms with Gasteiger partial charge in [-0.3, -0.25) is 9.67 Å². The van der Waals surface area contributed by atoms with Crippen LogP contribution in [0.3, 0.4) is 0 Å². The third-order valence-corrected chi connectivity index (χ3v) is 5.43. The van der Waals surface area contributed by atoms with Gasteiger partial charge < -0.3 is 16.0 Å². The van der Waals surface area contributed by atoms with Gasteiger partial charge in [-0.2, -0.15) is 5.10 Å². The second-order valence-electron chi connectivity index (χ2n) is 8.16. The zero-order valence-corrected chi connectivity index (χ0v) is 19.2. The van der Waals surface area contributed by atoms with Gasteiger partial charge in [0.1, 0.15) is 5.82 Å². The van der Waals surface area contributed by atoms with Gasteiger partial charge in [0, 0.05) is 59.8 Å². The molecule has 176 valence electrons. The molecule has 5 rings (SSSR count). The van der Waals surface area contributed by atoms with Gasteiger partial charge in [0.05, 0.1) is 17.9 Å². The molecule has 3 aromatic heterocycles. The number of aryl methyl sites for hydroxylation is 2. The van der Waals surface area contributed by atoms with Crippen molar-refractivity contribution in [2.45, 2.75) is 19.4 Å². The fourth-order valence-electron chi connectivity index (χ4n) is 3.58. The molecule has 0 unspecified atom stereocenters. The quantitative estimate of drug-likeness (QED) is 0.374. The summed E-state index contributed by atoms with van der Waals surface area (Å²) in [4.78, 5) is 8.93. The molecule has 1 aliphatic rings. The molecule has 7 heteroatoms. The van der Waals surface area contributed by atoms with Gasteiger partial charge >= 0.3 is 0 Å². The minimum atomic E-state index is 0. The van der Waals surface area contributed by atoms with Crippen molar-refractivity contribution in [2.75, 3.05) is 30.3 Å². The van der Waals surface area contributed by atoms with E-state index < -0.39 is 0 Å². The molecule has 0 fully saturated rings. The van der Waals surface area contributed by atoms with Crippen LogP contribution in [0.25, 0.3) is 11.1 Å². The van der Waals surface area contributed by atoms with Gasteiger partial charge in [0.2, 0.25) is 0 Å². The van der Waals surface area contributed by atoms with Crippen LogP contribution in [0, 0.1) is 6.92 Å². The Morgan fingerprint density at radius 3 is 2.48 bits per heavy atom. The van der Waals surface area contributed by atoms with E-state index >= 15 is 0 Å². The number of nitrogens with one attached hydrogen (secondary N) is 3. The summed E-state index contributed by atoms with van der Waals surface area (Å²) in [6, 6.07) is 18.6. The Morgan fingerprint density at radius 2 is 1.82 bits per heavy atom. The number of fused-ring (bicyclic) bond motifs is 1. The molecule has 0 spiro atoms. The van der Waals surface area contributed by atoms with E-state index in [0.717, 1.165) is 54.4 Å². The van der Waals surface area contributed by atoms with Crippen molar-refractivity contribution in [1.82, 2.24) is 25.1 Å². The Morgan fingerprint density at radius 1 is 1.03 bits per heavy atom. The number of hydrogen-bond donors (Lipinski definition) is 3. The van der Waals surface area contributed by atoms with Crippen molar-refractivity contribution >= 4 is 11.5 Å². The van der Waals surface area contributed by atoms with Crippen LogP contribution in [0.2, 0.25) is 0 Å². The molecule has 0 aliphatic carbocycles. The molecule has 1 aliphatic heterocycles. The smallest absolute Gasteiger partial charge is 0.149 e. The van der Waals surface area contributed by atoms with Crippen LogP contribution in [0.4, 0.5) is 11.5 Å². The Balaban J connectivity index is 0.000000636. The molecule has 0 bridgehead atoms. The minimum Gasteiger partial charge on any atom is -0.380 e. The zero-order chi connectivity index (χ0) is 22.9. The van der Waals surface area contributed by atoms with E-state index in [4.69, 9.17) is 0 Å². The van der Waals surface area contributed by atoms with Crippen LogP contribution in [-0.2, 0) is 13.5 Å². The highest BCUT2D eigenvalue weighted by molar-refractivity contribution is 5.75. The molecule has 33 heavy (non-hydrogen) atoms. The van der Waals surface area contributed by atoms with E-state index in [-0.39, 0.29) is 4.28 Å². The number of rotatable bonds is 6. The van der Waals surface area contributed by atoms with Crippen LogP contribution in [0.5, 0.6) is 0 Å². The number of hydrogen-bond acceptors (Lipinski definition) is 6. The van der Waals surface area contributed by atoms with Crippen LogP contribution in [-0.4, -0.2) is 45.4 Å². The van der Waals surface area contributed by atoms with Crippen molar-refractivity contribution in [3.05, 3.63) is 90.6 Å². The topological polar surface area (TPSA) is 79.7 Å². The van der Waals surface area contributed by atoms with E-state index in [1.807, 2.05) is 75.2 Å². The lowest BCUT2D eigenvalue weighted by Gasteiger charge is -2.28. The molecule has 3 N–H and O–H groups in total. The van der Waals surface area contributed by atoms with Crippen LogP contribution in [0.15, 0.2) is 79.4 Å². The molecule has 4 heterocycles. The molecule has 0 saturated carbocycles. The first-order chi connectivity index (χ1) is 16.2. The van der Waals surface area contributed by atoms with Crippen molar-refractivity contribution in [1.29, 1.82) is 0 Å². The van der Waals surface area contributed by atoms with Crippen LogP contribution < -0.4 is 16.0 Å². The lowest BCUT2D eigenvalue weighted by molar-refractivity contribution is 0.610. The number of pyridine rings is 2. The van der Waals surface area contributed by atoms with Gasteiger partial charge in [-0.15, -0.1) is 0 Å². The van der Waals surface area contributed by atoms with Gasteiger partial charge in [-0.25, -0.2) is 4.98 Å². The summed E-state index contributed by atoms with van der Waals surface area (Å²) in [6.45, 7) is 4.69. The lowest BCUT2D eigenvalue weighted by atomic mass is 10.1. The average molecular weight is 448 g/mol. The number of benzene rings is 1. The first kappa shape index (κ1) is 22.5. The summed E-state index contributed by atoms with van der Waals surface area (Å²) >= 11 is 0. The standard InChI is InChI=1S/C20H25N7.C6H6.3H2/c1-14-3-4-15(8-22-14)5-6-21-11-18-12-23-19-7-16(9-24-20(19)26-18)17-10-25-27(2)13-17;1-2-4-6-5-3-1;;;/h3-4,7-10,13,18,21,23H,5-6,11-12H2,1-2H3,(H,24,26);1-6H;3*1H/t18-;;;;/m0..../s1. The van der Waals surface area contributed by atoms with Crippen molar-refractivity contribution in [2.24, 2.45) is 7.05 Å². The average Bonchev–Trinajstić information content (AvgIpc) is 3.30. The highest BCUT2D eigenvalue weighted by Crippen LogP contribution is 2.29. The Labute approximate surface area is 199 Å². The molecule has 1 atom stereocenters. The van der Waals surface area contributed by atoms with Gasteiger partial charge in [-0.1, -0.05) is 42.5 Å². The normalized spacial score (nSPS) is 14.3. The largest absolute Gasteiger partial charge is 0.380 e. The third kappa shape index (κ3) is 6.63. The first-order valence-corrected chi connectivity index (χ1v) is 11.3. The maximum atomic E-state index is 4.59. The Hall–Kier alpha value is -3.71. The Bertz CT molecular complexity index is 1110. The summed E-state index contributed by atoms with van der Waals surface area (Å²) in [7, 11) is 1.92. The second kappa shape index (κ2) is 11.2. The zero-order valence-electron chi connectivity index (χ0n) is 19.2. The lowest BCUT2D eigenvalue weighted by Crippen LogP contribution is -2.41. The van der Waals surface area contributed by atoms with Gasteiger partial charge in [0.15, 0.2) is 0 Å². The number of aromatic nitrogens is 4. The first-order valence-electron chi connectivity index (χ1n) is 11.3. The van der Waals surface area contributed by atoms with Crippen molar-refractivity contribution in [3.8, 4) is 11.1 Å². The van der Waals surface area contributed by atoms with Crippen LogP contribution in [0.1, 0.15) is 15.5 Å². The summed E-state index contributed by atoms with van der Waals surface area (Å²) in [5.74, 6) is 0.906. The minimum absolute atomic E-state index is 0. The summed E-state index contributed by atoms with van der Waals surface area (Å²) < 4.78 is 1.80. The molecular formula is C26H37N7. The van der Waals surface area contributed by atoms with E-state index in [0.29, 0.717) is 6.04 Å². The fraction of sp³-hybridized carbons (Fsp3) is 0.269. The number of nitrogens with zero attached hydrogens (tertiary/aromatic N) is 4. The van der Waals surface area contributed by atoms with E-state index in [1.54, 1.807) is 4.68 Å².